The first-order valence-corrected chi connectivity index (χ1v) is 6.72. The number of aromatic carboxylic acids is 1. The Hall–Kier alpha value is -2.56. The highest BCUT2D eigenvalue weighted by Crippen LogP contribution is 2.19. The minimum atomic E-state index is -1.02. The number of carbonyl (C=O) groups is 2. The van der Waals surface area contributed by atoms with E-state index < -0.39 is 5.97 Å². The van der Waals surface area contributed by atoms with Gasteiger partial charge in [-0.15, -0.1) is 0 Å². The maximum Gasteiger partial charge on any atom is 0.335 e. The molecule has 5 heteroatoms. The van der Waals surface area contributed by atoms with Gasteiger partial charge in [0.25, 0.3) is 5.91 Å². The van der Waals surface area contributed by atoms with Gasteiger partial charge in [0.1, 0.15) is 5.69 Å². The van der Waals surface area contributed by atoms with Crippen LogP contribution in [0.15, 0.2) is 36.5 Å². The molecule has 0 fully saturated rings. The van der Waals surface area contributed by atoms with E-state index in [0.29, 0.717) is 11.4 Å². The summed E-state index contributed by atoms with van der Waals surface area (Å²) < 4.78 is 1.87. The number of carboxylic acid groups (broad SMARTS) is 1. The number of amides is 1. The minimum Gasteiger partial charge on any atom is -0.478 e. The minimum absolute atomic E-state index is 0.148. The molecule has 0 saturated carbocycles. The first kappa shape index (κ1) is 14.8. The zero-order valence-corrected chi connectivity index (χ0v) is 12.3. The Morgan fingerprint density at radius 1 is 1.24 bits per heavy atom. The maximum atomic E-state index is 12.4. The van der Waals surface area contributed by atoms with E-state index in [1.807, 2.05) is 37.6 Å². The molecule has 1 aromatic heterocycles. The number of aromatic nitrogens is 1. The molecule has 5 nitrogen and oxygen atoms in total. The summed E-state index contributed by atoms with van der Waals surface area (Å²) in [6.07, 6.45) is 1.85. The van der Waals surface area contributed by atoms with E-state index in [0.717, 1.165) is 5.56 Å². The molecule has 1 aromatic carbocycles. The lowest BCUT2D eigenvalue weighted by Gasteiger charge is -2.14. The molecule has 1 heterocycles. The zero-order chi connectivity index (χ0) is 15.6. The Labute approximate surface area is 123 Å². The number of rotatable bonds is 4. The number of nitrogens with one attached hydrogen (secondary N) is 1. The summed E-state index contributed by atoms with van der Waals surface area (Å²) in [7, 11) is 0. The molecule has 0 spiro atoms. The Kier molecular flexibility index (Phi) is 4.12. The van der Waals surface area contributed by atoms with Crippen LogP contribution in [0.25, 0.3) is 0 Å². The Morgan fingerprint density at radius 2 is 1.95 bits per heavy atom. The molecule has 2 rings (SSSR count). The second-order valence-electron chi connectivity index (χ2n) is 5.18. The average molecular weight is 286 g/mol. The molecule has 0 saturated heterocycles. The third kappa shape index (κ3) is 3.13. The number of nitrogens with zero attached hydrogens (tertiary/aromatic N) is 1. The van der Waals surface area contributed by atoms with Crippen molar-refractivity contribution in [3.8, 4) is 0 Å². The predicted molar refractivity (Wildman–Crippen MR) is 80.9 cm³/mol. The van der Waals surface area contributed by atoms with Gasteiger partial charge in [0.2, 0.25) is 0 Å². The number of hydrogen-bond acceptors (Lipinski definition) is 2. The van der Waals surface area contributed by atoms with Gasteiger partial charge < -0.3 is 15.0 Å². The highest BCUT2D eigenvalue weighted by molar-refractivity contribution is 6.04. The van der Waals surface area contributed by atoms with Crippen molar-refractivity contribution in [1.82, 2.24) is 4.57 Å². The molecular weight excluding hydrogens is 268 g/mol. The van der Waals surface area contributed by atoms with Gasteiger partial charge >= 0.3 is 5.97 Å². The normalized spacial score (nSPS) is 10.7. The van der Waals surface area contributed by atoms with Crippen molar-refractivity contribution in [3.63, 3.8) is 0 Å². The first-order chi connectivity index (χ1) is 9.90. The molecule has 21 heavy (non-hydrogen) atoms. The van der Waals surface area contributed by atoms with Gasteiger partial charge in [-0.2, -0.15) is 0 Å². The zero-order valence-electron chi connectivity index (χ0n) is 12.3. The van der Waals surface area contributed by atoms with E-state index in [9.17, 15) is 9.59 Å². The second kappa shape index (κ2) is 5.83. The van der Waals surface area contributed by atoms with Crippen molar-refractivity contribution < 1.29 is 14.7 Å². The molecule has 0 unspecified atom stereocenters. The van der Waals surface area contributed by atoms with Crippen LogP contribution in [-0.2, 0) is 0 Å². The third-order valence-electron chi connectivity index (χ3n) is 3.30. The van der Waals surface area contributed by atoms with Crippen molar-refractivity contribution >= 4 is 17.6 Å². The topological polar surface area (TPSA) is 71.3 Å². The molecule has 0 bridgehead atoms. The van der Waals surface area contributed by atoms with Crippen LogP contribution in [0.3, 0.4) is 0 Å². The summed E-state index contributed by atoms with van der Waals surface area (Å²) in [5.74, 6) is -1.27. The fraction of sp³-hybridized carbons (Fsp3) is 0.250. The molecule has 110 valence electrons. The van der Waals surface area contributed by atoms with Gasteiger partial charge in [-0.25, -0.2) is 4.79 Å². The molecular formula is C16H18N2O3. The maximum absolute atomic E-state index is 12.4. The monoisotopic (exact) mass is 286 g/mol. The van der Waals surface area contributed by atoms with Crippen LogP contribution in [0.4, 0.5) is 5.69 Å². The Morgan fingerprint density at radius 3 is 2.57 bits per heavy atom. The van der Waals surface area contributed by atoms with Crippen molar-refractivity contribution in [2.75, 3.05) is 5.32 Å². The average Bonchev–Trinajstić information content (AvgIpc) is 2.90. The summed E-state index contributed by atoms with van der Waals surface area (Å²) in [5.41, 5.74) is 2.02. The lowest BCUT2D eigenvalue weighted by atomic mass is 10.1. The van der Waals surface area contributed by atoms with Gasteiger partial charge in [0, 0.05) is 17.9 Å². The molecule has 2 aromatic rings. The summed E-state index contributed by atoms with van der Waals surface area (Å²) in [4.78, 5) is 23.4. The summed E-state index contributed by atoms with van der Waals surface area (Å²) in [6.45, 7) is 5.81. The fourth-order valence-electron chi connectivity index (χ4n) is 2.11. The number of hydrogen-bond donors (Lipinski definition) is 2. The smallest absolute Gasteiger partial charge is 0.335 e. The van der Waals surface area contributed by atoms with Crippen LogP contribution in [0.1, 0.15) is 46.3 Å². The highest BCUT2D eigenvalue weighted by atomic mass is 16.4. The second-order valence-corrected chi connectivity index (χ2v) is 5.18. The van der Waals surface area contributed by atoms with Crippen LogP contribution in [-0.4, -0.2) is 21.6 Å². The van der Waals surface area contributed by atoms with Gasteiger partial charge in [-0.3, -0.25) is 4.79 Å². The van der Waals surface area contributed by atoms with Gasteiger partial charge in [0.05, 0.1) is 5.56 Å². The fourth-order valence-corrected chi connectivity index (χ4v) is 2.11. The summed E-state index contributed by atoms with van der Waals surface area (Å²) in [5, 5.41) is 11.8. The quantitative estimate of drug-likeness (QED) is 0.905. The van der Waals surface area contributed by atoms with E-state index in [4.69, 9.17) is 5.11 Å². The van der Waals surface area contributed by atoms with E-state index in [2.05, 4.69) is 5.32 Å². The van der Waals surface area contributed by atoms with Crippen molar-refractivity contribution in [2.24, 2.45) is 0 Å². The SMILES string of the molecule is Cc1ccc(C(=O)O)cc1NC(=O)c1cccn1C(C)C. The van der Waals surface area contributed by atoms with E-state index >= 15 is 0 Å². The largest absolute Gasteiger partial charge is 0.478 e. The lowest BCUT2D eigenvalue weighted by Crippen LogP contribution is -2.18. The molecule has 0 radical (unpaired) electrons. The molecule has 0 aliphatic heterocycles. The van der Waals surface area contributed by atoms with E-state index in [-0.39, 0.29) is 17.5 Å². The number of carbonyl (C=O) groups excluding carboxylic acids is 1. The lowest BCUT2D eigenvalue weighted by molar-refractivity contribution is 0.0696. The molecule has 0 atom stereocenters. The summed E-state index contributed by atoms with van der Waals surface area (Å²) in [6, 6.07) is 8.40. The van der Waals surface area contributed by atoms with Crippen LogP contribution < -0.4 is 5.32 Å². The highest BCUT2D eigenvalue weighted by Gasteiger charge is 2.14. The number of carboxylic acids is 1. The molecule has 1 amide bonds. The summed E-state index contributed by atoms with van der Waals surface area (Å²) >= 11 is 0. The third-order valence-corrected chi connectivity index (χ3v) is 3.30. The predicted octanol–water partition coefficient (Wildman–Crippen LogP) is 3.33. The van der Waals surface area contributed by atoms with Crippen molar-refractivity contribution in [2.45, 2.75) is 26.8 Å². The van der Waals surface area contributed by atoms with Gasteiger partial charge in [0.15, 0.2) is 0 Å². The Balaban J connectivity index is 2.29. The molecule has 2 N–H and O–H groups in total. The number of aryl methyl sites for hydroxylation is 1. The van der Waals surface area contributed by atoms with Gasteiger partial charge in [-0.05, 0) is 50.6 Å². The van der Waals surface area contributed by atoms with Crippen molar-refractivity contribution in [3.05, 3.63) is 53.3 Å². The van der Waals surface area contributed by atoms with Crippen LogP contribution in [0.2, 0.25) is 0 Å². The van der Waals surface area contributed by atoms with E-state index in [1.165, 1.54) is 12.1 Å². The van der Waals surface area contributed by atoms with E-state index in [1.54, 1.807) is 12.1 Å². The van der Waals surface area contributed by atoms with Crippen LogP contribution >= 0.6 is 0 Å². The first-order valence-electron chi connectivity index (χ1n) is 6.72. The van der Waals surface area contributed by atoms with Crippen LogP contribution in [0.5, 0.6) is 0 Å². The molecule has 0 aliphatic carbocycles. The van der Waals surface area contributed by atoms with Crippen LogP contribution in [0, 0.1) is 6.92 Å². The molecule has 0 aliphatic rings. The Bertz CT molecular complexity index is 687. The standard InChI is InChI=1S/C16H18N2O3/c1-10(2)18-8-4-5-14(18)15(19)17-13-9-12(16(20)21)7-6-11(13)3/h4-10H,1-3H3,(H,17,19)(H,20,21). The van der Waals surface area contributed by atoms with Gasteiger partial charge in [-0.1, -0.05) is 6.07 Å². The number of benzene rings is 1. The number of anilines is 1. The van der Waals surface area contributed by atoms with Crippen molar-refractivity contribution in [1.29, 1.82) is 0 Å².